The van der Waals surface area contributed by atoms with Gasteiger partial charge in [-0.3, -0.25) is 4.79 Å². The molecule has 2 heterocycles. The zero-order valence-electron chi connectivity index (χ0n) is 26.0. The Labute approximate surface area is 273 Å². The standard InChI is InChI=1S/C37H34N6O4/c1-46-30-21-28-14-8-9-15-31(28)32(22-30)40-36(44)33-23-35(41-34(39-33)20-26-10-4-2-5-11-26)42-18-19-43(29(24-42)16-17-38)37(45)47-25-27-12-6-3-7-13-27/h2-15,21-23,29H,16,18-20,24-25H2,1H3,(H,40,44)/t29-/m0/s1. The van der Waals surface area contributed by atoms with Crippen molar-refractivity contribution < 1.29 is 19.1 Å². The molecular weight excluding hydrogens is 592 g/mol. The number of rotatable bonds is 9. The second-order valence-electron chi connectivity index (χ2n) is 11.2. The molecule has 0 aliphatic carbocycles. The second kappa shape index (κ2) is 14.4. The third-order valence-electron chi connectivity index (χ3n) is 8.09. The summed E-state index contributed by atoms with van der Waals surface area (Å²) in [4.78, 5) is 40.1. The van der Waals surface area contributed by atoms with Crippen LogP contribution in [-0.4, -0.2) is 59.7 Å². The van der Waals surface area contributed by atoms with E-state index >= 15 is 0 Å². The van der Waals surface area contributed by atoms with Crippen LogP contribution in [0.5, 0.6) is 5.75 Å². The lowest BCUT2D eigenvalue weighted by Crippen LogP contribution is -2.55. The van der Waals surface area contributed by atoms with Crippen molar-refractivity contribution in [3.8, 4) is 11.8 Å². The number of nitrogens with zero attached hydrogens (tertiary/aromatic N) is 5. The Morgan fingerprint density at radius 1 is 0.915 bits per heavy atom. The smallest absolute Gasteiger partial charge is 0.410 e. The largest absolute Gasteiger partial charge is 0.497 e. The molecule has 10 nitrogen and oxygen atoms in total. The minimum absolute atomic E-state index is 0.120. The number of hydrogen-bond donors (Lipinski definition) is 1. The van der Waals surface area contributed by atoms with Crippen molar-refractivity contribution >= 4 is 34.3 Å². The SMILES string of the molecule is COc1cc(NC(=O)c2cc(N3CCN(C(=O)OCc4ccccc4)[C@@H](CC#N)C3)nc(Cc3ccccc3)n2)c2ccccc2c1. The molecule has 1 fully saturated rings. The first kappa shape index (κ1) is 31.0. The van der Waals surface area contributed by atoms with E-state index in [9.17, 15) is 14.9 Å². The number of nitrogens with one attached hydrogen (secondary N) is 1. The number of hydrogen-bond acceptors (Lipinski definition) is 8. The molecule has 0 spiro atoms. The summed E-state index contributed by atoms with van der Waals surface area (Å²) in [5.74, 6) is 1.26. The highest BCUT2D eigenvalue weighted by Gasteiger charge is 2.32. The normalized spacial score (nSPS) is 14.3. The lowest BCUT2D eigenvalue weighted by atomic mass is 10.1. The van der Waals surface area contributed by atoms with Crippen LogP contribution in [0.2, 0.25) is 0 Å². The summed E-state index contributed by atoms with van der Waals surface area (Å²) in [6, 6.07) is 34.2. The number of fused-ring (bicyclic) bond motifs is 1. The average Bonchev–Trinajstić information content (AvgIpc) is 3.11. The topological polar surface area (TPSA) is 121 Å². The highest BCUT2D eigenvalue weighted by Crippen LogP contribution is 2.30. The molecule has 47 heavy (non-hydrogen) atoms. The van der Waals surface area contributed by atoms with Crippen molar-refractivity contribution in [1.82, 2.24) is 14.9 Å². The van der Waals surface area contributed by atoms with E-state index < -0.39 is 18.0 Å². The number of nitriles is 1. The molecule has 1 saturated heterocycles. The fraction of sp³-hybridized carbons (Fsp3) is 0.216. The Morgan fingerprint density at radius 3 is 2.38 bits per heavy atom. The van der Waals surface area contributed by atoms with E-state index in [1.165, 1.54) is 0 Å². The minimum atomic E-state index is -0.466. The molecule has 236 valence electrons. The van der Waals surface area contributed by atoms with Crippen LogP contribution in [0.25, 0.3) is 10.8 Å². The predicted molar refractivity (Wildman–Crippen MR) is 179 cm³/mol. The second-order valence-corrected chi connectivity index (χ2v) is 11.2. The van der Waals surface area contributed by atoms with Crippen molar-refractivity contribution in [3.63, 3.8) is 0 Å². The molecule has 0 unspecified atom stereocenters. The van der Waals surface area contributed by atoms with E-state index in [0.717, 1.165) is 21.9 Å². The Morgan fingerprint density at radius 2 is 1.64 bits per heavy atom. The molecule has 10 heteroatoms. The summed E-state index contributed by atoms with van der Waals surface area (Å²) in [7, 11) is 1.59. The van der Waals surface area contributed by atoms with Gasteiger partial charge in [-0.15, -0.1) is 0 Å². The summed E-state index contributed by atoms with van der Waals surface area (Å²) in [5, 5.41) is 14.5. The Bertz CT molecular complexity index is 1910. The van der Waals surface area contributed by atoms with Gasteiger partial charge in [-0.25, -0.2) is 14.8 Å². The van der Waals surface area contributed by atoms with Gasteiger partial charge in [-0.1, -0.05) is 84.9 Å². The van der Waals surface area contributed by atoms with Crippen LogP contribution < -0.4 is 15.0 Å². The first-order valence-corrected chi connectivity index (χ1v) is 15.4. The van der Waals surface area contributed by atoms with Gasteiger partial charge in [0.25, 0.3) is 5.91 Å². The fourth-order valence-electron chi connectivity index (χ4n) is 5.70. The van der Waals surface area contributed by atoms with Crippen molar-refractivity contribution in [1.29, 1.82) is 5.26 Å². The van der Waals surface area contributed by atoms with Crippen LogP contribution >= 0.6 is 0 Å². The van der Waals surface area contributed by atoms with Crippen molar-refractivity contribution in [2.24, 2.45) is 0 Å². The van der Waals surface area contributed by atoms with Gasteiger partial charge in [0.15, 0.2) is 0 Å². The Hall–Kier alpha value is -5.95. The molecule has 1 aliphatic rings. The molecule has 0 saturated carbocycles. The van der Waals surface area contributed by atoms with Crippen LogP contribution in [0.1, 0.15) is 33.9 Å². The average molecular weight is 627 g/mol. The molecule has 1 atom stereocenters. The van der Waals surface area contributed by atoms with Crippen molar-refractivity contribution in [3.05, 3.63) is 126 Å². The highest BCUT2D eigenvalue weighted by molar-refractivity contribution is 6.09. The van der Waals surface area contributed by atoms with Gasteiger partial charge in [-0.05, 0) is 22.6 Å². The van der Waals surface area contributed by atoms with Crippen LogP contribution in [-0.2, 0) is 17.8 Å². The van der Waals surface area contributed by atoms with Gasteiger partial charge in [0.1, 0.15) is 29.7 Å². The highest BCUT2D eigenvalue weighted by atomic mass is 16.6. The van der Waals surface area contributed by atoms with Gasteiger partial charge >= 0.3 is 6.09 Å². The maximum atomic E-state index is 13.8. The van der Waals surface area contributed by atoms with Crippen LogP contribution in [0, 0.1) is 11.3 Å². The molecule has 2 amide bonds. The van der Waals surface area contributed by atoms with Crippen LogP contribution in [0.4, 0.5) is 16.3 Å². The maximum absolute atomic E-state index is 13.8. The maximum Gasteiger partial charge on any atom is 0.410 e. The molecule has 4 aromatic carbocycles. The summed E-state index contributed by atoms with van der Waals surface area (Å²) in [6.45, 7) is 1.26. The molecule has 1 N–H and O–H groups in total. The third kappa shape index (κ3) is 7.48. The molecule has 0 bridgehead atoms. The Kier molecular flexibility index (Phi) is 9.53. The van der Waals surface area contributed by atoms with E-state index in [1.807, 2.05) is 95.9 Å². The number of carbonyl (C=O) groups is 2. The molecule has 0 radical (unpaired) electrons. The summed E-state index contributed by atoms with van der Waals surface area (Å²) in [6.07, 6.45) is 0.0753. The summed E-state index contributed by atoms with van der Waals surface area (Å²) in [5.41, 5.74) is 2.69. The van der Waals surface area contributed by atoms with E-state index in [4.69, 9.17) is 14.5 Å². The lowest BCUT2D eigenvalue weighted by molar-refractivity contribution is 0.0768. The van der Waals surface area contributed by atoms with Gasteiger partial charge in [0.05, 0.1) is 31.3 Å². The Balaban J connectivity index is 1.27. The number of methoxy groups -OCH3 is 1. The predicted octanol–water partition coefficient (Wildman–Crippen LogP) is 6.22. The first-order chi connectivity index (χ1) is 23.0. The van der Waals surface area contributed by atoms with Crippen molar-refractivity contribution in [2.45, 2.75) is 25.5 Å². The zero-order chi connectivity index (χ0) is 32.6. The number of ether oxygens (including phenoxy) is 2. The van der Waals surface area contributed by atoms with Crippen molar-refractivity contribution in [2.75, 3.05) is 37.0 Å². The van der Waals surface area contributed by atoms with Gasteiger partial charge in [-0.2, -0.15) is 5.26 Å². The van der Waals surface area contributed by atoms with Crippen LogP contribution in [0.15, 0.2) is 103 Å². The number of benzene rings is 4. The first-order valence-electron chi connectivity index (χ1n) is 15.4. The van der Waals surface area contributed by atoms with E-state index in [2.05, 4.69) is 16.4 Å². The molecule has 1 aliphatic heterocycles. The third-order valence-corrected chi connectivity index (χ3v) is 8.09. The number of anilines is 2. The summed E-state index contributed by atoms with van der Waals surface area (Å²) >= 11 is 0. The van der Waals surface area contributed by atoms with E-state index in [1.54, 1.807) is 24.1 Å². The number of carbonyl (C=O) groups excluding carboxylic acids is 2. The van der Waals surface area contributed by atoms with E-state index in [-0.39, 0.29) is 18.7 Å². The summed E-state index contributed by atoms with van der Waals surface area (Å²) < 4.78 is 11.1. The molecule has 1 aromatic heterocycles. The number of amides is 2. The zero-order valence-corrected chi connectivity index (χ0v) is 26.0. The van der Waals surface area contributed by atoms with E-state index in [0.29, 0.717) is 49.1 Å². The van der Waals surface area contributed by atoms with Gasteiger partial charge in [0.2, 0.25) is 0 Å². The molecule has 5 aromatic rings. The van der Waals surface area contributed by atoms with Crippen LogP contribution in [0.3, 0.4) is 0 Å². The quantitative estimate of drug-likeness (QED) is 0.205. The van der Waals surface area contributed by atoms with Gasteiger partial charge < -0.3 is 24.6 Å². The molecule has 6 rings (SSSR count). The van der Waals surface area contributed by atoms with Gasteiger partial charge in [0, 0.05) is 43.6 Å². The minimum Gasteiger partial charge on any atom is -0.497 e. The molecular formula is C37H34N6O4. The monoisotopic (exact) mass is 626 g/mol. The number of piperazine rings is 1. The fourth-order valence-corrected chi connectivity index (χ4v) is 5.70. The lowest BCUT2D eigenvalue weighted by Gasteiger charge is -2.40. The number of aromatic nitrogens is 2.